The van der Waals surface area contributed by atoms with Gasteiger partial charge in [-0.15, -0.1) is 0 Å². The van der Waals surface area contributed by atoms with Crippen LogP contribution in [-0.4, -0.2) is 41.7 Å². The lowest BCUT2D eigenvalue weighted by Gasteiger charge is -2.49. The van der Waals surface area contributed by atoms with Crippen LogP contribution in [0.3, 0.4) is 0 Å². The van der Waals surface area contributed by atoms with Crippen LogP contribution in [0.5, 0.6) is 0 Å². The molecule has 0 radical (unpaired) electrons. The van der Waals surface area contributed by atoms with E-state index in [9.17, 15) is 4.79 Å². The zero-order chi connectivity index (χ0) is 20.0. The average Bonchev–Trinajstić information content (AvgIpc) is 3.12. The summed E-state index contributed by atoms with van der Waals surface area (Å²) in [5, 5.41) is 1.35. The number of ether oxygens (including phenoxy) is 2. The number of para-hydroxylation sites is 1. The molecular weight excluding hydrogens is 364 g/mol. The number of carbonyl (C=O) groups is 1. The van der Waals surface area contributed by atoms with E-state index in [1.165, 1.54) is 22.2 Å². The first-order valence-corrected chi connectivity index (χ1v) is 11.0. The number of nitrogens with zero attached hydrogens (tertiary/aromatic N) is 1. The highest BCUT2D eigenvalue weighted by atomic mass is 16.5. The molecule has 1 N–H and O–H groups in total. The summed E-state index contributed by atoms with van der Waals surface area (Å²) >= 11 is 0. The van der Waals surface area contributed by atoms with Crippen molar-refractivity contribution in [3.63, 3.8) is 0 Å². The Kier molecular flexibility index (Phi) is 4.86. The summed E-state index contributed by atoms with van der Waals surface area (Å²) in [6.07, 6.45) is 5.74. The van der Waals surface area contributed by atoms with Gasteiger partial charge in [0.1, 0.15) is 0 Å². The molecule has 0 amide bonds. The Morgan fingerprint density at radius 3 is 3.10 bits per heavy atom. The first kappa shape index (κ1) is 18.7. The molecule has 1 fully saturated rings. The summed E-state index contributed by atoms with van der Waals surface area (Å²) in [4.78, 5) is 19.1. The molecule has 1 aromatic heterocycles. The Balaban J connectivity index is 0.00000121. The first-order chi connectivity index (χ1) is 14.2. The highest BCUT2D eigenvalue weighted by Gasteiger charge is 2.47. The molecule has 5 rings (SSSR count). The number of piperidine rings is 1. The van der Waals surface area contributed by atoms with Crippen LogP contribution in [-0.2, 0) is 20.7 Å². The molecule has 160 valence electrons. The predicted molar refractivity (Wildman–Crippen MR) is 119 cm³/mol. The summed E-state index contributed by atoms with van der Waals surface area (Å²) < 4.78 is 11.4. The number of unbranched alkanes of at least 4 members (excludes halogenated alkanes) is 1. The van der Waals surface area contributed by atoms with Gasteiger partial charge in [-0.25, -0.2) is 4.79 Å². The van der Waals surface area contributed by atoms with E-state index in [0.29, 0.717) is 18.6 Å². The van der Waals surface area contributed by atoms with Gasteiger partial charge in [-0.1, -0.05) is 31.5 Å². The van der Waals surface area contributed by atoms with Crippen molar-refractivity contribution in [3.05, 3.63) is 47.4 Å². The molecule has 3 aliphatic rings. The number of fused-ring (bicyclic) bond motifs is 6. The van der Waals surface area contributed by atoms with E-state index < -0.39 is 0 Å². The number of rotatable bonds is 4. The summed E-state index contributed by atoms with van der Waals surface area (Å²) in [5.74, 6) is 0.323. The van der Waals surface area contributed by atoms with Gasteiger partial charge in [0, 0.05) is 45.8 Å². The number of hydrogen-bond acceptors (Lipinski definition) is 4. The number of hydrogen-bond donors (Lipinski definition) is 1. The lowest BCUT2D eigenvalue weighted by molar-refractivity contribution is -0.142. The van der Waals surface area contributed by atoms with Crippen LogP contribution in [0.2, 0.25) is 0 Å². The lowest BCUT2D eigenvalue weighted by atomic mass is 9.72. The van der Waals surface area contributed by atoms with Crippen LogP contribution in [0.15, 0.2) is 36.1 Å². The number of nitrogens with one attached hydrogen (secondary N) is 1. The van der Waals surface area contributed by atoms with Gasteiger partial charge in [0.05, 0.1) is 30.6 Å². The van der Waals surface area contributed by atoms with Gasteiger partial charge >= 0.3 is 5.97 Å². The van der Waals surface area contributed by atoms with Crippen molar-refractivity contribution in [2.75, 3.05) is 19.7 Å². The molecule has 3 unspecified atom stereocenters. The molecule has 0 aliphatic carbocycles. The van der Waals surface area contributed by atoms with Crippen LogP contribution in [0.4, 0.5) is 0 Å². The quantitative estimate of drug-likeness (QED) is 0.574. The number of aromatic nitrogens is 1. The molecule has 0 bridgehead atoms. The van der Waals surface area contributed by atoms with E-state index >= 15 is 0 Å². The maximum absolute atomic E-state index is 12.8. The fourth-order valence-corrected chi connectivity index (χ4v) is 5.46. The molecule has 3 aliphatic heterocycles. The number of carbonyl (C=O) groups excluding carboxylic acids is 1. The van der Waals surface area contributed by atoms with E-state index in [2.05, 4.69) is 48.0 Å². The normalized spacial score (nSPS) is 28.7. The van der Waals surface area contributed by atoms with Crippen molar-refractivity contribution >= 4 is 16.9 Å². The molecule has 0 saturated carbocycles. The standard InChI is InChI=1S/C24H30N2O3.3H2/c1-3-4-11-28-24(27)20-14-29-15(2)19-13-26-10-9-17-16-7-5-6-8-21(16)25-23(17)22(26)12-18(19)20;;;/h5-8,14-15,18-19,22,25H,3-4,9-13H2,1-2H3;3*1H/t15-,18?,19?,22?;;;/m0.../s1. The fraction of sp³-hybridized carbons (Fsp3) is 0.542. The van der Waals surface area contributed by atoms with Gasteiger partial charge in [0.2, 0.25) is 0 Å². The molecule has 29 heavy (non-hydrogen) atoms. The third-order valence-corrected chi connectivity index (χ3v) is 7.09. The minimum absolute atomic E-state index is 0. The Labute approximate surface area is 176 Å². The highest BCUT2D eigenvalue weighted by molar-refractivity contribution is 5.89. The van der Waals surface area contributed by atoms with E-state index in [-0.39, 0.29) is 22.3 Å². The minimum Gasteiger partial charge on any atom is -0.497 e. The second-order valence-corrected chi connectivity index (χ2v) is 8.73. The summed E-state index contributed by atoms with van der Waals surface area (Å²) in [6.45, 7) is 6.75. The first-order valence-electron chi connectivity index (χ1n) is 11.0. The smallest absolute Gasteiger partial charge is 0.337 e. The van der Waals surface area contributed by atoms with Crippen molar-refractivity contribution in [1.29, 1.82) is 0 Å². The maximum Gasteiger partial charge on any atom is 0.337 e. The molecule has 1 saturated heterocycles. The third kappa shape index (κ3) is 3.16. The number of H-pyrrole nitrogens is 1. The topological polar surface area (TPSA) is 54.6 Å². The predicted octanol–water partition coefficient (Wildman–Crippen LogP) is 5.09. The Morgan fingerprint density at radius 1 is 1.38 bits per heavy atom. The lowest BCUT2D eigenvalue weighted by Crippen LogP contribution is -2.51. The van der Waals surface area contributed by atoms with Gasteiger partial charge < -0.3 is 14.5 Å². The summed E-state index contributed by atoms with van der Waals surface area (Å²) in [6, 6.07) is 8.92. The minimum atomic E-state index is -0.193. The van der Waals surface area contributed by atoms with Crippen LogP contribution < -0.4 is 0 Å². The van der Waals surface area contributed by atoms with Crippen LogP contribution in [0.1, 0.15) is 54.7 Å². The van der Waals surface area contributed by atoms with Crippen LogP contribution >= 0.6 is 0 Å². The largest absolute Gasteiger partial charge is 0.497 e. The molecule has 2 aromatic rings. The molecule has 1 aromatic carbocycles. The number of benzene rings is 1. The molecule has 5 nitrogen and oxygen atoms in total. The zero-order valence-electron chi connectivity index (χ0n) is 17.3. The summed E-state index contributed by atoms with van der Waals surface area (Å²) in [5.41, 5.74) is 4.74. The van der Waals surface area contributed by atoms with E-state index in [4.69, 9.17) is 9.47 Å². The molecular formula is C24H36N2O3. The van der Waals surface area contributed by atoms with Crippen molar-refractivity contribution in [3.8, 4) is 0 Å². The van der Waals surface area contributed by atoms with E-state index in [1.54, 1.807) is 6.26 Å². The van der Waals surface area contributed by atoms with Crippen molar-refractivity contribution in [2.24, 2.45) is 11.8 Å². The van der Waals surface area contributed by atoms with Crippen LogP contribution in [0.25, 0.3) is 10.9 Å². The monoisotopic (exact) mass is 400 g/mol. The maximum atomic E-state index is 12.8. The molecule has 4 heterocycles. The second kappa shape index (κ2) is 7.52. The van der Waals surface area contributed by atoms with Gasteiger partial charge in [-0.3, -0.25) is 4.90 Å². The Hall–Kier alpha value is -2.27. The Morgan fingerprint density at radius 2 is 2.24 bits per heavy atom. The Bertz CT molecular complexity index is 961. The van der Waals surface area contributed by atoms with Gasteiger partial charge in [-0.05, 0) is 37.8 Å². The number of esters is 1. The highest BCUT2D eigenvalue weighted by Crippen LogP contribution is 2.47. The molecule has 5 heteroatoms. The van der Waals surface area contributed by atoms with Crippen LogP contribution in [0, 0.1) is 11.8 Å². The van der Waals surface area contributed by atoms with E-state index in [0.717, 1.165) is 44.3 Å². The van der Waals surface area contributed by atoms with Gasteiger partial charge in [-0.2, -0.15) is 0 Å². The number of aromatic amines is 1. The zero-order valence-corrected chi connectivity index (χ0v) is 17.3. The average molecular weight is 401 g/mol. The van der Waals surface area contributed by atoms with Crippen molar-refractivity contribution in [1.82, 2.24) is 9.88 Å². The molecule has 0 spiro atoms. The van der Waals surface area contributed by atoms with Crippen molar-refractivity contribution in [2.45, 2.75) is 51.7 Å². The van der Waals surface area contributed by atoms with Gasteiger partial charge in [0.25, 0.3) is 0 Å². The summed E-state index contributed by atoms with van der Waals surface area (Å²) in [7, 11) is 0. The third-order valence-electron chi connectivity index (χ3n) is 7.09. The van der Waals surface area contributed by atoms with Crippen molar-refractivity contribution < 1.29 is 18.5 Å². The second-order valence-electron chi connectivity index (χ2n) is 8.73. The molecule has 4 atom stereocenters. The van der Waals surface area contributed by atoms with E-state index in [1.807, 2.05) is 0 Å². The SMILES string of the molecule is CCCCOC(=O)C1=CO[C@@H](C)C2CN3CCc4c([nH]c5ccccc45)C3CC12.[HH].[HH].[HH]. The van der Waals surface area contributed by atoms with Gasteiger partial charge in [0.15, 0.2) is 0 Å². The fourth-order valence-electron chi connectivity index (χ4n) is 5.46.